The van der Waals surface area contributed by atoms with Crippen molar-refractivity contribution in [3.05, 3.63) is 47.9 Å². The Labute approximate surface area is 87.9 Å². The average molecular weight is 204 g/mol. The standard InChI is InChI=1S/C12H13FN2/c13-10-3-1-9(2-4-10)12-6-5-11(15-12)7-8-14/h1-6,15H,7-8,14H2. The maximum atomic E-state index is 12.7. The molecule has 1 heterocycles. The van der Waals surface area contributed by atoms with Gasteiger partial charge >= 0.3 is 0 Å². The van der Waals surface area contributed by atoms with Gasteiger partial charge in [-0.05, 0) is 54.9 Å². The molecule has 2 rings (SSSR count). The summed E-state index contributed by atoms with van der Waals surface area (Å²) >= 11 is 0. The van der Waals surface area contributed by atoms with E-state index in [1.165, 1.54) is 12.1 Å². The number of benzene rings is 1. The molecule has 1 aromatic carbocycles. The number of aromatic nitrogens is 1. The number of hydrogen-bond donors (Lipinski definition) is 2. The Morgan fingerprint density at radius 2 is 1.80 bits per heavy atom. The fourth-order valence-electron chi connectivity index (χ4n) is 1.54. The zero-order valence-corrected chi connectivity index (χ0v) is 8.33. The highest BCUT2D eigenvalue weighted by molar-refractivity contribution is 5.59. The fourth-order valence-corrected chi connectivity index (χ4v) is 1.54. The molecule has 0 saturated carbocycles. The molecule has 2 aromatic rings. The van der Waals surface area contributed by atoms with Crippen LogP contribution in [0.4, 0.5) is 4.39 Å². The van der Waals surface area contributed by atoms with Crippen molar-refractivity contribution < 1.29 is 4.39 Å². The molecule has 2 nitrogen and oxygen atoms in total. The van der Waals surface area contributed by atoms with E-state index in [9.17, 15) is 4.39 Å². The van der Waals surface area contributed by atoms with E-state index in [-0.39, 0.29) is 5.82 Å². The van der Waals surface area contributed by atoms with Crippen molar-refractivity contribution in [3.8, 4) is 11.3 Å². The number of halogens is 1. The predicted octanol–water partition coefficient (Wildman–Crippen LogP) is 2.32. The van der Waals surface area contributed by atoms with E-state index in [2.05, 4.69) is 4.98 Å². The lowest BCUT2D eigenvalue weighted by Gasteiger charge is -1.98. The third-order valence-corrected chi connectivity index (χ3v) is 2.32. The van der Waals surface area contributed by atoms with Crippen molar-refractivity contribution >= 4 is 0 Å². The first-order chi connectivity index (χ1) is 7.29. The summed E-state index contributed by atoms with van der Waals surface area (Å²) in [4.78, 5) is 3.25. The van der Waals surface area contributed by atoms with Crippen LogP contribution in [-0.4, -0.2) is 11.5 Å². The van der Waals surface area contributed by atoms with E-state index in [1.807, 2.05) is 12.1 Å². The molecule has 0 aliphatic rings. The first-order valence-electron chi connectivity index (χ1n) is 4.93. The van der Waals surface area contributed by atoms with Gasteiger partial charge in [-0.1, -0.05) is 0 Å². The molecule has 0 aliphatic carbocycles. The number of hydrogen-bond acceptors (Lipinski definition) is 1. The molecule has 78 valence electrons. The van der Waals surface area contributed by atoms with Gasteiger partial charge in [-0.3, -0.25) is 0 Å². The maximum absolute atomic E-state index is 12.7. The fraction of sp³-hybridized carbons (Fsp3) is 0.167. The van der Waals surface area contributed by atoms with Gasteiger partial charge in [0.05, 0.1) is 0 Å². The Bertz CT molecular complexity index is 431. The van der Waals surface area contributed by atoms with E-state index in [0.717, 1.165) is 23.4 Å². The Balaban J connectivity index is 2.25. The average Bonchev–Trinajstić information content (AvgIpc) is 2.68. The van der Waals surface area contributed by atoms with Crippen molar-refractivity contribution in [2.24, 2.45) is 5.73 Å². The smallest absolute Gasteiger partial charge is 0.123 e. The number of aromatic amines is 1. The van der Waals surface area contributed by atoms with E-state index in [4.69, 9.17) is 5.73 Å². The molecule has 0 atom stereocenters. The molecule has 0 saturated heterocycles. The maximum Gasteiger partial charge on any atom is 0.123 e. The van der Waals surface area contributed by atoms with Crippen LogP contribution in [0.5, 0.6) is 0 Å². The quantitative estimate of drug-likeness (QED) is 0.791. The summed E-state index contributed by atoms with van der Waals surface area (Å²) < 4.78 is 12.7. The van der Waals surface area contributed by atoms with Crippen molar-refractivity contribution in [3.63, 3.8) is 0 Å². The van der Waals surface area contributed by atoms with Gasteiger partial charge in [-0.2, -0.15) is 0 Å². The van der Waals surface area contributed by atoms with Gasteiger partial charge in [0.25, 0.3) is 0 Å². The molecule has 3 heteroatoms. The van der Waals surface area contributed by atoms with Crippen LogP contribution in [0, 0.1) is 5.82 Å². The second-order valence-electron chi connectivity index (χ2n) is 3.44. The summed E-state index contributed by atoms with van der Waals surface area (Å²) in [6, 6.07) is 10.4. The highest BCUT2D eigenvalue weighted by Gasteiger charge is 2.01. The third-order valence-electron chi connectivity index (χ3n) is 2.32. The lowest BCUT2D eigenvalue weighted by molar-refractivity contribution is 0.628. The van der Waals surface area contributed by atoms with Crippen LogP contribution in [0.1, 0.15) is 5.69 Å². The van der Waals surface area contributed by atoms with Crippen LogP contribution in [0.25, 0.3) is 11.3 Å². The molecule has 0 aliphatic heterocycles. The topological polar surface area (TPSA) is 41.8 Å². The molecular weight excluding hydrogens is 191 g/mol. The zero-order chi connectivity index (χ0) is 10.7. The number of H-pyrrole nitrogens is 1. The molecule has 1 aromatic heterocycles. The number of nitrogens with one attached hydrogen (secondary N) is 1. The molecule has 15 heavy (non-hydrogen) atoms. The van der Waals surface area contributed by atoms with Gasteiger partial charge in [0, 0.05) is 11.4 Å². The molecule has 0 fully saturated rings. The normalized spacial score (nSPS) is 10.5. The van der Waals surface area contributed by atoms with Gasteiger partial charge in [0.1, 0.15) is 5.82 Å². The number of rotatable bonds is 3. The van der Waals surface area contributed by atoms with Crippen molar-refractivity contribution in [1.29, 1.82) is 0 Å². The van der Waals surface area contributed by atoms with Crippen LogP contribution in [-0.2, 0) is 6.42 Å². The van der Waals surface area contributed by atoms with E-state index in [1.54, 1.807) is 12.1 Å². The minimum absolute atomic E-state index is 0.215. The SMILES string of the molecule is NCCc1ccc(-c2ccc(F)cc2)[nH]1. The Morgan fingerprint density at radius 3 is 2.47 bits per heavy atom. The minimum Gasteiger partial charge on any atom is -0.358 e. The lowest BCUT2D eigenvalue weighted by atomic mass is 10.1. The molecule has 0 bridgehead atoms. The third kappa shape index (κ3) is 2.25. The Morgan fingerprint density at radius 1 is 1.07 bits per heavy atom. The van der Waals surface area contributed by atoms with Crippen molar-refractivity contribution in [2.45, 2.75) is 6.42 Å². The first kappa shape index (κ1) is 9.93. The minimum atomic E-state index is -0.215. The van der Waals surface area contributed by atoms with Gasteiger partial charge < -0.3 is 10.7 Å². The molecule has 3 N–H and O–H groups in total. The van der Waals surface area contributed by atoms with Crippen LogP contribution in [0.2, 0.25) is 0 Å². The van der Waals surface area contributed by atoms with Crippen LogP contribution in [0.3, 0.4) is 0 Å². The van der Waals surface area contributed by atoms with Gasteiger partial charge in [-0.15, -0.1) is 0 Å². The number of nitrogens with two attached hydrogens (primary N) is 1. The second kappa shape index (κ2) is 4.28. The summed E-state index contributed by atoms with van der Waals surface area (Å²) in [7, 11) is 0. The molecular formula is C12H13FN2. The van der Waals surface area contributed by atoms with E-state index < -0.39 is 0 Å². The summed E-state index contributed by atoms with van der Waals surface area (Å²) in [5.74, 6) is -0.215. The van der Waals surface area contributed by atoms with Gasteiger partial charge in [0.15, 0.2) is 0 Å². The van der Waals surface area contributed by atoms with Crippen LogP contribution in [0.15, 0.2) is 36.4 Å². The van der Waals surface area contributed by atoms with E-state index in [0.29, 0.717) is 6.54 Å². The monoisotopic (exact) mass is 204 g/mol. The predicted molar refractivity (Wildman–Crippen MR) is 58.9 cm³/mol. The zero-order valence-electron chi connectivity index (χ0n) is 8.33. The van der Waals surface area contributed by atoms with Crippen LogP contribution < -0.4 is 5.73 Å². The summed E-state index contributed by atoms with van der Waals surface area (Å²) in [6.07, 6.45) is 0.835. The summed E-state index contributed by atoms with van der Waals surface area (Å²) in [6.45, 7) is 0.628. The van der Waals surface area contributed by atoms with Gasteiger partial charge in [-0.25, -0.2) is 4.39 Å². The lowest BCUT2D eigenvalue weighted by Crippen LogP contribution is -2.02. The van der Waals surface area contributed by atoms with Crippen LogP contribution >= 0.6 is 0 Å². The second-order valence-corrected chi connectivity index (χ2v) is 3.44. The largest absolute Gasteiger partial charge is 0.358 e. The molecule has 0 unspecified atom stereocenters. The highest BCUT2D eigenvalue weighted by Crippen LogP contribution is 2.18. The summed E-state index contributed by atoms with van der Waals surface area (Å²) in [5.41, 5.74) is 8.55. The molecule has 0 spiro atoms. The molecule has 0 radical (unpaired) electrons. The summed E-state index contributed by atoms with van der Waals surface area (Å²) in [5, 5.41) is 0. The Hall–Kier alpha value is -1.61. The first-order valence-corrected chi connectivity index (χ1v) is 4.93. The van der Waals surface area contributed by atoms with Gasteiger partial charge in [0.2, 0.25) is 0 Å². The van der Waals surface area contributed by atoms with Crippen molar-refractivity contribution in [1.82, 2.24) is 4.98 Å². The van der Waals surface area contributed by atoms with Crippen molar-refractivity contribution in [2.75, 3.05) is 6.54 Å². The Kier molecular flexibility index (Phi) is 2.83. The molecule has 0 amide bonds. The highest BCUT2D eigenvalue weighted by atomic mass is 19.1. The van der Waals surface area contributed by atoms with E-state index >= 15 is 0 Å².